The number of amides is 1. The quantitative estimate of drug-likeness (QED) is 0.717. The molecule has 1 saturated carbocycles. The van der Waals surface area contributed by atoms with Crippen LogP contribution < -0.4 is 11.1 Å². The van der Waals surface area contributed by atoms with E-state index in [-0.39, 0.29) is 17.9 Å². The lowest BCUT2D eigenvalue weighted by atomic mass is 9.85. The van der Waals surface area contributed by atoms with Crippen molar-refractivity contribution in [2.75, 3.05) is 6.54 Å². The summed E-state index contributed by atoms with van der Waals surface area (Å²) < 4.78 is 0. The lowest BCUT2D eigenvalue weighted by Gasteiger charge is -2.28. The molecular weight excluding hydrogens is 176 g/mol. The normalized spacial score (nSPS) is 27.7. The van der Waals surface area contributed by atoms with E-state index >= 15 is 0 Å². The third kappa shape index (κ3) is 3.29. The summed E-state index contributed by atoms with van der Waals surface area (Å²) in [6, 6.07) is 0.288. The molecule has 0 radical (unpaired) electrons. The highest BCUT2D eigenvalue weighted by Gasteiger charge is 2.22. The van der Waals surface area contributed by atoms with Gasteiger partial charge in [-0.25, -0.2) is 0 Å². The van der Waals surface area contributed by atoms with Crippen LogP contribution in [-0.4, -0.2) is 18.5 Å². The summed E-state index contributed by atoms with van der Waals surface area (Å²) in [7, 11) is 0. The fraction of sp³-hybridized carbons (Fsp3) is 0.909. The SMILES string of the molecule is CC(C)C(=O)NCC1CCCCC1N. The first kappa shape index (κ1) is 11.5. The Hall–Kier alpha value is -0.570. The van der Waals surface area contributed by atoms with Gasteiger partial charge in [0.2, 0.25) is 5.91 Å². The Labute approximate surface area is 86.4 Å². The van der Waals surface area contributed by atoms with Crippen molar-refractivity contribution in [2.24, 2.45) is 17.6 Å². The fourth-order valence-electron chi connectivity index (χ4n) is 1.93. The number of hydrogen-bond donors (Lipinski definition) is 2. The molecule has 0 bridgehead atoms. The molecule has 3 heteroatoms. The highest BCUT2D eigenvalue weighted by atomic mass is 16.1. The molecule has 1 amide bonds. The molecule has 2 atom stereocenters. The summed E-state index contributed by atoms with van der Waals surface area (Å²) >= 11 is 0. The predicted octanol–water partition coefficient (Wildman–Crippen LogP) is 1.28. The number of hydrogen-bond acceptors (Lipinski definition) is 2. The standard InChI is InChI=1S/C11H22N2O/c1-8(2)11(14)13-7-9-5-3-4-6-10(9)12/h8-10H,3-7,12H2,1-2H3,(H,13,14). The molecule has 0 aromatic carbocycles. The maximum atomic E-state index is 11.3. The van der Waals surface area contributed by atoms with Crippen LogP contribution in [0.1, 0.15) is 39.5 Å². The van der Waals surface area contributed by atoms with Crippen molar-refractivity contribution in [2.45, 2.75) is 45.6 Å². The topological polar surface area (TPSA) is 55.1 Å². The van der Waals surface area contributed by atoms with Gasteiger partial charge >= 0.3 is 0 Å². The van der Waals surface area contributed by atoms with Gasteiger partial charge in [-0.05, 0) is 18.8 Å². The molecule has 1 aliphatic carbocycles. The number of nitrogens with two attached hydrogens (primary N) is 1. The minimum Gasteiger partial charge on any atom is -0.356 e. The van der Waals surface area contributed by atoms with Crippen LogP contribution in [0.2, 0.25) is 0 Å². The molecule has 1 rings (SSSR count). The van der Waals surface area contributed by atoms with Crippen molar-refractivity contribution in [1.29, 1.82) is 0 Å². The summed E-state index contributed by atoms with van der Waals surface area (Å²) in [6.07, 6.45) is 4.79. The van der Waals surface area contributed by atoms with E-state index < -0.39 is 0 Å². The van der Waals surface area contributed by atoms with E-state index in [2.05, 4.69) is 5.32 Å². The van der Waals surface area contributed by atoms with Gasteiger partial charge in [0.05, 0.1) is 0 Å². The highest BCUT2D eigenvalue weighted by molar-refractivity contribution is 5.77. The molecule has 3 N–H and O–H groups in total. The molecule has 0 aliphatic heterocycles. The van der Waals surface area contributed by atoms with E-state index in [0.717, 1.165) is 13.0 Å². The number of carbonyl (C=O) groups is 1. The van der Waals surface area contributed by atoms with E-state index in [9.17, 15) is 4.79 Å². The summed E-state index contributed by atoms with van der Waals surface area (Å²) in [4.78, 5) is 11.3. The minimum atomic E-state index is 0.0785. The third-order valence-corrected chi connectivity index (χ3v) is 3.03. The first-order valence-electron chi connectivity index (χ1n) is 5.64. The zero-order valence-electron chi connectivity index (χ0n) is 9.25. The zero-order chi connectivity index (χ0) is 10.6. The van der Waals surface area contributed by atoms with Gasteiger partial charge in [0.1, 0.15) is 0 Å². The molecule has 0 spiro atoms. The second kappa shape index (κ2) is 5.35. The fourth-order valence-corrected chi connectivity index (χ4v) is 1.93. The van der Waals surface area contributed by atoms with Gasteiger partial charge in [0.15, 0.2) is 0 Å². The maximum absolute atomic E-state index is 11.3. The Balaban J connectivity index is 2.26. The summed E-state index contributed by atoms with van der Waals surface area (Å²) in [5, 5.41) is 2.96. The first-order chi connectivity index (χ1) is 6.61. The van der Waals surface area contributed by atoms with Gasteiger partial charge in [-0.15, -0.1) is 0 Å². The number of carbonyl (C=O) groups excluding carboxylic acids is 1. The summed E-state index contributed by atoms with van der Waals surface area (Å²) in [6.45, 7) is 4.59. The summed E-state index contributed by atoms with van der Waals surface area (Å²) in [5.41, 5.74) is 5.99. The largest absolute Gasteiger partial charge is 0.356 e. The molecule has 3 nitrogen and oxygen atoms in total. The van der Waals surface area contributed by atoms with E-state index in [1.54, 1.807) is 0 Å². The Morgan fingerprint density at radius 1 is 1.43 bits per heavy atom. The van der Waals surface area contributed by atoms with Gasteiger partial charge in [-0.1, -0.05) is 26.7 Å². The van der Waals surface area contributed by atoms with Gasteiger partial charge in [0, 0.05) is 18.5 Å². The predicted molar refractivity (Wildman–Crippen MR) is 57.8 cm³/mol. The second-order valence-electron chi connectivity index (χ2n) is 4.61. The van der Waals surface area contributed by atoms with Gasteiger partial charge in [-0.3, -0.25) is 4.79 Å². The molecule has 14 heavy (non-hydrogen) atoms. The van der Waals surface area contributed by atoms with Gasteiger partial charge < -0.3 is 11.1 Å². The molecule has 1 fully saturated rings. The number of rotatable bonds is 3. The van der Waals surface area contributed by atoms with Crippen LogP contribution in [0.3, 0.4) is 0 Å². The van der Waals surface area contributed by atoms with E-state index in [1.807, 2.05) is 13.8 Å². The lowest BCUT2D eigenvalue weighted by molar-refractivity contribution is -0.124. The van der Waals surface area contributed by atoms with E-state index in [0.29, 0.717) is 5.92 Å². The van der Waals surface area contributed by atoms with Crippen LogP contribution in [0.5, 0.6) is 0 Å². The van der Waals surface area contributed by atoms with Crippen molar-refractivity contribution in [1.82, 2.24) is 5.32 Å². The van der Waals surface area contributed by atoms with Crippen molar-refractivity contribution in [3.05, 3.63) is 0 Å². The van der Waals surface area contributed by atoms with Crippen molar-refractivity contribution >= 4 is 5.91 Å². The lowest BCUT2D eigenvalue weighted by Crippen LogP contribution is -2.42. The summed E-state index contributed by atoms with van der Waals surface area (Å²) in [5.74, 6) is 0.712. The van der Waals surface area contributed by atoms with Crippen LogP contribution >= 0.6 is 0 Å². The minimum absolute atomic E-state index is 0.0785. The third-order valence-electron chi connectivity index (χ3n) is 3.03. The Morgan fingerprint density at radius 2 is 2.07 bits per heavy atom. The molecule has 0 aromatic rings. The van der Waals surface area contributed by atoms with Crippen LogP contribution in [0, 0.1) is 11.8 Å². The van der Waals surface area contributed by atoms with Crippen LogP contribution in [-0.2, 0) is 4.79 Å². The zero-order valence-corrected chi connectivity index (χ0v) is 9.25. The maximum Gasteiger partial charge on any atom is 0.222 e. The van der Waals surface area contributed by atoms with Crippen molar-refractivity contribution < 1.29 is 4.79 Å². The first-order valence-corrected chi connectivity index (χ1v) is 5.64. The van der Waals surface area contributed by atoms with E-state index in [4.69, 9.17) is 5.73 Å². The molecule has 0 saturated heterocycles. The average Bonchev–Trinajstić information content (AvgIpc) is 2.16. The molecule has 2 unspecified atom stereocenters. The molecule has 1 aliphatic rings. The Bertz CT molecular complexity index is 192. The molecule has 82 valence electrons. The smallest absolute Gasteiger partial charge is 0.222 e. The van der Waals surface area contributed by atoms with Gasteiger partial charge in [-0.2, -0.15) is 0 Å². The van der Waals surface area contributed by atoms with E-state index in [1.165, 1.54) is 19.3 Å². The monoisotopic (exact) mass is 198 g/mol. The van der Waals surface area contributed by atoms with Crippen molar-refractivity contribution in [3.63, 3.8) is 0 Å². The average molecular weight is 198 g/mol. The Morgan fingerprint density at radius 3 is 2.64 bits per heavy atom. The highest BCUT2D eigenvalue weighted by Crippen LogP contribution is 2.22. The Kier molecular flexibility index (Phi) is 4.39. The molecule has 0 aromatic heterocycles. The van der Waals surface area contributed by atoms with Gasteiger partial charge in [0.25, 0.3) is 0 Å². The molecule has 0 heterocycles. The number of nitrogens with one attached hydrogen (secondary N) is 1. The van der Waals surface area contributed by atoms with Crippen molar-refractivity contribution in [3.8, 4) is 0 Å². The van der Waals surface area contributed by atoms with Crippen LogP contribution in [0.15, 0.2) is 0 Å². The second-order valence-corrected chi connectivity index (χ2v) is 4.61. The van der Waals surface area contributed by atoms with Crippen LogP contribution in [0.4, 0.5) is 0 Å². The van der Waals surface area contributed by atoms with Crippen LogP contribution in [0.25, 0.3) is 0 Å². The molecular formula is C11H22N2O.